The predicted octanol–water partition coefficient (Wildman–Crippen LogP) is 7.44. The Bertz CT molecular complexity index is 1020. The molecule has 4 nitrogen and oxygen atoms in total. The first kappa shape index (κ1) is 28.1. The molecule has 0 amide bonds. The average Bonchev–Trinajstić information content (AvgIpc) is 2.78. The van der Waals surface area contributed by atoms with Gasteiger partial charge in [0.05, 0.1) is 12.0 Å². The number of benzene rings is 2. The Morgan fingerprint density at radius 2 is 1.56 bits per heavy atom. The second-order valence-corrected chi connectivity index (χ2v) is 9.48. The fourth-order valence-electron chi connectivity index (χ4n) is 4.90. The molecule has 2 fully saturated rings. The van der Waals surface area contributed by atoms with E-state index in [9.17, 15) is 26.3 Å². The molecule has 2 aromatic carbocycles. The molecule has 36 heavy (non-hydrogen) atoms. The van der Waals surface area contributed by atoms with E-state index in [0.717, 1.165) is 38.4 Å². The van der Waals surface area contributed by atoms with Gasteiger partial charge in [-0.3, -0.25) is 9.69 Å². The number of carboxylic acids is 1. The molecule has 0 aromatic heterocycles. The van der Waals surface area contributed by atoms with Crippen molar-refractivity contribution in [2.45, 2.75) is 76.9 Å². The van der Waals surface area contributed by atoms with E-state index < -0.39 is 35.9 Å². The minimum absolute atomic E-state index is 0.0773. The number of hydrogen-bond donors (Lipinski definition) is 1. The summed E-state index contributed by atoms with van der Waals surface area (Å²) in [5.41, 5.74) is -0.0267. The van der Waals surface area contributed by atoms with Gasteiger partial charge in [0.15, 0.2) is 0 Å². The molecule has 1 aliphatic carbocycles. The number of aliphatic carboxylic acids is 1. The van der Waals surface area contributed by atoms with E-state index in [-0.39, 0.29) is 36.8 Å². The first-order valence-electron chi connectivity index (χ1n) is 12.1. The summed E-state index contributed by atoms with van der Waals surface area (Å²) >= 11 is 0. The molecular formula is C26H31F6NO3. The lowest BCUT2D eigenvalue weighted by atomic mass is 9.87. The minimum atomic E-state index is -4.64. The number of nitrogens with zero attached hydrogens (tertiary/aromatic N) is 1. The number of carboxylic acid groups (broad SMARTS) is 1. The van der Waals surface area contributed by atoms with Gasteiger partial charge in [-0.05, 0) is 80.1 Å². The second-order valence-electron chi connectivity index (χ2n) is 9.48. The second kappa shape index (κ2) is 11.7. The van der Waals surface area contributed by atoms with Crippen LogP contribution in [0.15, 0.2) is 30.3 Å². The molecule has 200 valence electrons. The van der Waals surface area contributed by atoms with Crippen molar-refractivity contribution < 1.29 is 41.0 Å². The number of alkyl halides is 6. The summed E-state index contributed by atoms with van der Waals surface area (Å²) in [4.78, 5) is 11.2. The molecule has 1 N–H and O–H groups in total. The third kappa shape index (κ3) is 7.75. The van der Waals surface area contributed by atoms with E-state index in [1.54, 1.807) is 18.2 Å². The third-order valence-electron chi connectivity index (χ3n) is 6.62. The molecule has 2 aromatic rings. The van der Waals surface area contributed by atoms with Crippen LogP contribution in [-0.2, 0) is 17.5 Å². The molecule has 0 radical (unpaired) electrons. The maximum Gasteiger partial charge on any atom is 0.420 e. The molecule has 10 heteroatoms. The van der Waals surface area contributed by atoms with Crippen LogP contribution in [0.4, 0.5) is 26.3 Å². The van der Waals surface area contributed by atoms with E-state index in [0.29, 0.717) is 11.9 Å². The zero-order valence-electron chi connectivity index (χ0n) is 20.1. The quantitative estimate of drug-likeness (QED) is 0.427. The minimum Gasteiger partial charge on any atom is -0.490 e. The van der Waals surface area contributed by atoms with Gasteiger partial charge < -0.3 is 9.84 Å². The normalized spacial score (nSPS) is 21.5. The van der Waals surface area contributed by atoms with Crippen molar-refractivity contribution in [2.75, 3.05) is 13.1 Å². The van der Waals surface area contributed by atoms with Crippen LogP contribution in [-0.4, -0.2) is 41.3 Å². The van der Waals surface area contributed by atoms with Crippen molar-refractivity contribution in [1.82, 2.24) is 4.90 Å². The Morgan fingerprint density at radius 1 is 0.972 bits per heavy atom. The van der Waals surface area contributed by atoms with E-state index in [4.69, 9.17) is 14.6 Å². The molecule has 1 aliphatic heterocycles. The maximum atomic E-state index is 14.1. The van der Waals surface area contributed by atoms with Crippen LogP contribution in [0, 0.1) is 5.92 Å². The van der Waals surface area contributed by atoms with Gasteiger partial charge in [0.25, 0.3) is 5.97 Å². The Labute approximate surface area is 206 Å². The highest BCUT2D eigenvalue weighted by atomic mass is 19.4. The van der Waals surface area contributed by atoms with Crippen LogP contribution in [0.3, 0.4) is 0 Å². The summed E-state index contributed by atoms with van der Waals surface area (Å²) < 4.78 is 86.7. The van der Waals surface area contributed by atoms with Gasteiger partial charge in [-0.2, -0.15) is 26.3 Å². The van der Waals surface area contributed by atoms with Gasteiger partial charge in [0, 0.05) is 13.5 Å². The number of rotatable bonds is 4. The number of likely N-dealkylation sites (tertiary alicyclic amines) is 1. The highest BCUT2D eigenvalue weighted by Crippen LogP contribution is 2.44. The largest absolute Gasteiger partial charge is 0.490 e. The van der Waals surface area contributed by atoms with Crippen molar-refractivity contribution in [3.8, 4) is 5.75 Å². The lowest BCUT2D eigenvalue weighted by molar-refractivity contribution is -0.185. The number of halogens is 6. The zero-order chi connectivity index (χ0) is 26.5. The van der Waals surface area contributed by atoms with Gasteiger partial charge in [-0.1, -0.05) is 24.6 Å². The maximum absolute atomic E-state index is 14.1. The Morgan fingerprint density at radius 3 is 2.11 bits per heavy atom. The zero-order valence-corrected chi connectivity index (χ0v) is 20.1. The molecule has 1 heterocycles. The summed E-state index contributed by atoms with van der Waals surface area (Å²) in [5.74, 6) is -2.53. The number of hydrogen-bond acceptors (Lipinski definition) is 3. The van der Waals surface area contributed by atoms with Crippen LogP contribution in [0.5, 0.6) is 5.75 Å². The van der Waals surface area contributed by atoms with Gasteiger partial charge in [-0.25, -0.2) is 0 Å². The molecule has 0 unspecified atom stereocenters. The average molecular weight is 520 g/mol. The van der Waals surface area contributed by atoms with Crippen molar-refractivity contribution in [3.05, 3.63) is 41.5 Å². The first-order chi connectivity index (χ1) is 16.8. The van der Waals surface area contributed by atoms with E-state index in [1.807, 2.05) is 6.07 Å². The van der Waals surface area contributed by atoms with E-state index in [1.165, 1.54) is 12.5 Å². The summed E-state index contributed by atoms with van der Waals surface area (Å²) in [7, 11) is 0. The highest BCUT2D eigenvalue weighted by Gasteiger charge is 2.42. The molecule has 1 saturated carbocycles. The molecule has 0 bridgehead atoms. The number of ether oxygens (including phenoxy) is 1. The topological polar surface area (TPSA) is 49.8 Å². The molecule has 2 aliphatic rings. The first-order valence-corrected chi connectivity index (χ1v) is 12.1. The summed E-state index contributed by atoms with van der Waals surface area (Å²) in [6.45, 7) is 3.56. The predicted molar refractivity (Wildman–Crippen MR) is 124 cm³/mol. The third-order valence-corrected chi connectivity index (χ3v) is 6.62. The molecule has 0 atom stereocenters. The van der Waals surface area contributed by atoms with Crippen LogP contribution < -0.4 is 4.74 Å². The molecular weight excluding hydrogens is 488 g/mol. The van der Waals surface area contributed by atoms with E-state index >= 15 is 0 Å². The lowest BCUT2D eigenvalue weighted by Gasteiger charge is -2.31. The highest BCUT2D eigenvalue weighted by molar-refractivity contribution is 5.89. The van der Waals surface area contributed by atoms with Crippen LogP contribution in [0.1, 0.15) is 63.0 Å². The summed E-state index contributed by atoms with van der Waals surface area (Å²) in [6.07, 6.45) is -6.25. The Kier molecular flexibility index (Phi) is 9.13. The smallest absolute Gasteiger partial charge is 0.420 e. The van der Waals surface area contributed by atoms with Crippen molar-refractivity contribution in [3.63, 3.8) is 0 Å². The summed E-state index contributed by atoms with van der Waals surface area (Å²) in [6, 6.07) is 8.02. The summed E-state index contributed by atoms with van der Waals surface area (Å²) in [5, 5.41) is 7.96. The van der Waals surface area contributed by atoms with E-state index in [2.05, 4.69) is 4.90 Å². The SMILES string of the molecule is CC(=O)O.FC(F)(F)c1c(OC2CCC(C(F)(F)F)CC2)ccc2ccc(CN3CCCCC3)cc12. The number of piperidine rings is 1. The lowest BCUT2D eigenvalue weighted by Crippen LogP contribution is -2.32. The van der Waals surface area contributed by atoms with Gasteiger partial charge in [-0.15, -0.1) is 0 Å². The monoisotopic (exact) mass is 519 g/mol. The number of carbonyl (C=O) groups is 1. The van der Waals surface area contributed by atoms with Gasteiger partial charge in [0.1, 0.15) is 11.3 Å². The van der Waals surface area contributed by atoms with Crippen LogP contribution >= 0.6 is 0 Å². The fraction of sp³-hybridized carbons (Fsp3) is 0.577. The Hall–Kier alpha value is -2.49. The fourth-order valence-corrected chi connectivity index (χ4v) is 4.90. The van der Waals surface area contributed by atoms with Crippen molar-refractivity contribution >= 4 is 16.7 Å². The van der Waals surface area contributed by atoms with Crippen molar-refractivity contribution in [1.29, 1.82) is 0 Å². The number of fused-ring (bicyclic) bond motifs is 1. The van der Waals surface area contributed by atoms with Gasteiger partial charge in [0.2, 0.25) is 0 Å². The molecule has 4 rings (SSSR count). The Balaban J connectivity index is 0.000000840. The molecule has 1 saturated heterocycles. The van der Waals surface area contributed by atoms with Crippen LogP contribution in [0.25, 0.3) is 10.8 Å². The molecule has 0 spiro atoms. The van der Waals surface area contributed by atoms with Gasteiger partial charge >= 0.3 is 12.4 Å². The standard InChI is InChI=1S/C24H27F6NO.C2H4O2/c25-23(26,27)18-7-9-19(10-8-18)32-21-11-6-17-5-4-16(15-31-12-2-1-3-13-31)14-20(17)22(21)24(28,29)30;1-2(3)4/h4-6,11,14,18-19H,1-3,7-10,12-13,15H2;1H3,(H,3,4). The van der Waals surface area contributed by atoms with Crippen molar-refractivity contribution in [2.24, 2.45) is 5.92 Å². The van der Waals surface area contributed by atoms with Crippen LogP contribution in [0.2, 0.25) is 0 Å².